The van der Waals surface area contributed by atoms with E-state index in [9.17, 15) is 0 Å². The second-order valence-corrected chi connectivity index (χ2v) is 4.11. The van der Waals surface area contributed by atoms with Crippen LogP contribution in [0.15, 0.2) is 35.9 Å². The van der Waals surface area contributed by atoms with Gasteiger partial charge in [0, 0.05) is 5.02 Å². The monoisotopic (exact) mass is 225 g/mol. The van der Waals surface area contributed by atoms with Crippen LogP contribution >= 0.6 is 11.6 Å². The van der Waals surface area contributed by atoms with Gasteiger partial charge in [0.2, 0.25) is 0 Å². The van der Waals surface area contributed by atoms with Crippen LogP contribution in [0.2, 0.25) is 5.02 Å². The molecule has 0 amide bonds. The average molecular weight is 226 g/mol. The lowest BCUT2D eigenvalue weighted by molar-refractivity contribution is 0.306. The fraction of sp³-hybridized carbons (Fsp3) is 0.333. The van der Waals surface area contributed by atoms with Gasteiger partial charge in [-0.15, -0.1) is 0 Å². The highest BCUT2D eigenvalue weighted by molar-refractivity contribution is 6.30. The Hall–Kier alpha value is -0.990. The van der Waals surface area contributed by atoms with Crippen molar-refractivity contribution in [2.24, 2.45) is 5.73 Å². The van der Waals surface area contributed by atoms with Crippen molar-refractivity contribution >= 4 is 11.6 Å². The third kappa shape index (κ3) is 4.86. The van der Waals surface area contributed by atoms with E-state index >= 15 is 0 Å². The number of ether oxygens (including phenoxy) is 1. The van der Waals surface area contributed by atoms with Gasteiger partial charge in [0.1, 0.15) is 12.4 Å². The Bertz CT molecular complexity index is 328. The molecule has 0 spiro atoms. The van der Waals surface area contributed by atoms with Gasteiger partial charge in [-0.3, -0.25) is 0 Å². The number of benzene rings is 1. The van der Waals surface area contributed by atoms with Crippen LogP contribution in [0.4, 0.5) is 0 Å². The maximum Gasteiger partial charge on any atom is 0.119 e. The number of hydrogen-bond acceptors (Lipinski definition) is 2. The predicted octanol–water partition coefficient (Wildman–Crippen LogP) is 3.01. The van der Waals surface area contributed by atoms with Crippen molar-refractivity contribution in [2.75, 3.05) is 6.61 Å². The molecular weight excluding hydrogens is 210 g/mol. The summed E-state index contributed by atoms with van der Waals surface area (Å²) in [6, 6.07) is 7.19. The third-order valence-corrected chi connectivity index (χ3v) is 2.06. The molecule has 2 N–H and O–H groups in total. The van der Waals surface area contributed by atoms with Crippen molar-refractivity contribution in [1.82, 2.24) is 0 Å². The molecule has 1 unspecified atom stereocenters. The Balaban J connectivity index is 2.43. The van der Waals surface area contributed by atoms with Gasteiger partial charge in [-0.05, 0) is 38.1 Å². The molecule has 0 aliphatic heterocycles. The summed E-state index contributed by atoms with van der Waals surface area (Å²) in [6.45, 7) is 4.51. The fourth-order valence-corrected chi connectivity index (χ4v) is 1.33. The van der Waals surface area contributed by atoms with Gasteiger partial charge in [0.25, 0.3) is 0 Å². The van der Waals surface area contributed by atoms with Gasteiger partial charge in [-0.25, -0.2) is 0 Å². The molecule has 0 aliphatic carbocycles. The van der Waals surface area contributed by atoms with E-state index in [4.69, 9.17) is 22.1 Å². The van der Waals surface area contributed by atoms with E-state index in [2.05, 4.69) is 0 Å². The van der Waals surface area contributed by atoms with Gasteiger partial charge in [-0.1, -0.05) is 23.3 Å². The molecule has 0 saturated carbocycles. The maximum absolute atomic E-state index is 5.82. The van der Waals surface area contributed by atoms with Crippen LogP contribution in [0.5, 0.6) is 5.75 Å². The molecule has 0 radical (unpaired) electrons. The van der Waals surface area contributed by atoms with Crippen molar-refractivity contribution in [1.29, 1.82) is 0 Å². The van der Waals surface area contributed by atoms with Crippen molar-refractivity contribution in [2.45, 2.75) is 19.9 Å². The maximum atomic E-state index is 5.82. The standard InChI is InChI=1S/C12H16ClNO/c1-9(2)7-11(14)8-15-12-5-3-10(13)4-6-12/h3-7,11H,8,14H2,1-2H3. The van der Waals surface area contributed by atoms with Crippen LogP contribution in [0.3, 0.4) is 0 Å². The van der Waals surface area contributed by atoms with Crippen LogP contribution in [0, 0.1) is 0 Å². The highest BCUT2D eigenvalue weighted by atomic mass is 35.5. The lowest BCUT2D eigenvalue weighted by Crippen LogP contribution is -2.25. The minimum absolute atomic E-state index is 0.0642. The first-order valence-corrected chi connectivity index (χ1v) is 5.24. The molecular formula is C12H16ClNO. The number of hydrogen-bond donors (Lipinski definition) is 1. The molecule has 1 aromatic rings. The number of allylic oxidation sites excluding steroid dienone is 1. The molecule has 3 heteroatoms. The van der Waals surface area contributed by atoms with Gasteiger partial charge < -0.3 is 10.5 Å². The Morgan fingerprint density at radius 1 is 1.40 bits per heavy atom. The zero-order valence-corrected chi connectivity index (χ0v) is 9.79. The molecule has 1 atom stereocenters. The van der Waals surface area contributed by atoms with Crippen LogP contribution in [0.1, 0.15) is 13.8 Å². The smallest absolute Gasteiger partial charge is 0.119 e. The number of nitrogens with two attached hydrogens (primary N) is 1. The van der Waals surface area contributed by atoms with E-state index in [1.54, 1.807) is 12.1 Å². The fourth-order valence-electron chi connectivity index (χ4n) is 1.20. The molecule has 15 heavy (non-hydrogen) atoms. The minimum atomic E-state index is -0.0642. The zero-order valence-electron chi connectivity index (χ0n) is 9.03. The van der Waals surface area contributed by atoms with Gasteiger partial charge in [0.15, 0.2) is 0 Å². The molecule has 0 heterocycles. The van der Waals surface area contributed by atoms with Crippen molar-refractivity contribution in [3.8, 4) is 5.75 Å². The third-order valence-electron chi connectivity index (χ3n) is 1.80. The molecule has 0 aromatic heterocycles. The lowest BCUT2D eigenvalue weighted by Gasteiger charge is -2.10. The van der Waals surface area contributed by atoms with Gasteiger partial charge in [0.05, 0.1) is 6.04 Å². The first-order chi connectivity index (χ1) is 7.08. The zero-order chi connectivity index (χ0) is 11.3. The SMILES string of the molecule is CC(C)=CC(N)COc1ccc(Cl)cc1. The van der Waals surface area contributed by atoms with Gasteiger partial charge >= 0.3 is 0 Å². The number of rotatable bonds is 4. The van der Waals surface area contributed by atoms with Crippen molar-refractivity contribution in [3.05, 3.63) is 40.9 Å². The molecule has 1 rings (SSSR count). The number of halogens is 1. The highest BCUT2D eigenvalue weighted by Gasteiger charge is 1.99. The normalized spacial score (nSPS) is 12.0. The summed E-state index contributed by atoms with van der Waals surface area (Å²) < 4.78 is 5.50. The van der Waals surface area contributed by atoms with E-state index < -0.39 is 0 Å². The quantitative estimate of drug-likeness (QED) is 0.800. The first kappa shape index (κ1) is 12.1. The Labute approximate surface area is 95.7 Å². The molecule has 0 fully saturated rings. The lowest BCUT2D eigenvalue weighted by atomic mass is 10.2. The highest BCUT2D eigenvalue weighted by Crippen LogP contribution is 2.15. The van der Waals surface area contributed by atoms with Crippen molar-refractivity contribution < 1.29 is 4.74 Å². The summed E-state index contributed by atoms with van der Waals surface area (Å²) in [5, 5.41) is 0.705. The molecule has 0 saturated heterocycles. The van der Waals surface area contributed by atoms with E-state index in [0.29, 0.717) is 11.6 Å². The van der Waals surface area contributed by atoms with Gasteiger partial charge in [-0.2, -0.15) is 0 Å². The summed E-state index contributed by atoms with van der Waals surface area (Å²) in [6.07, 6.45) is 1.98. The van der Waals surface area contributed by atoms with Crippen molar-refractivity contribution in [3.63, 3.8) is 0 Å². The van der Waals surface area contributed by atoms with E-state index in [-0.39, 0.29) is 6.04 Å². The molecule has 82 valence electrons. The molecule has 1 aromatic carbocycles. The molecule has 2 nitrogen and oxygen atoms in total. The van der Waals surface area contributed by atoms with Crippen LogP contribution in [-0.2, 0) is 0 Å². The summed E-state index contributed by atoms with van der Waals surface area (Å²) in [5.41, 5.74) is 7.02. The van der Waals surface area contributed by atoms with E-state index in [1.165, 1.54) is 5.57 Å². The summed E-state index contributed by atoms with van der Waals surface area (Å²) >= 11 is 5.75. The predicted molar refractivity (Wildman–Crippen MR) is 64.4 cm³/mol. The van der Waals surface area contributed by atoms with E-state index in [1.807, 2.05) is 32.1 Å². The average Bonchev–Trinajstić information content (AvgIpc) is 2.16. The molecule has 0 aliphatic rings. The topological polar surface area (TPSA) is 35.2 Å². The second kappa shape index (κ2) is 5.79. The van der Waals surface area contributed by atoms with Crippen LogP contribution in [0.25, 0.3) is 0 Å². The second-order valence-electron chi connectivity index (χ2n) is 3.67. The molecule has 0 bridgehead atoms. The minimum Gasteiger partial charge on any atom is -0.492 e. The first-order valence-electron chi connectivity index (χ1n) is 4.87. The Morgan fingerprint density at radius 2 is 2.00 bits per heavy atom. The van der Waals surface area contributed by atoms with Crippen LogP contribution in [-0.4, -0.2) is 12.6 Å². The van der Waals surface area contributed by atoms with Crippen LogP contribution < -0.4 is 10.5 Å². The summed E-state index contributed by atoms with van der Waals surface area (Å²) in [5.74, 6) is 0.789. The largest absolute Gasteiger partial charge is 0.492 e. The summed E-state index contributed by atoms with van der Waals surface area (Å²) in [7, 11) is 0. The van der Waals surface area contributed by atoms with E-state index in [0.717, 1.165) is 5.75 Å². The summed E-state index contributed by atoms with van der Waals surface area (Å²) in [4.78, 5) is 0. The Kier molecular flexibility index (Phi) is 4.66. The Morgan fingerprint density at radius 3 is 2.53 bits per heavy atom.